The number of pyridine rings is 1. The molecule has 6 nitrogen and oxygen atoms in total. The van der Waals surface area contributed by atoms with Crippen LogP contribution in [0.4, 0.5) is 11.4 Å². The Morgan fingerprint density at radius 3 is 2.36 bits per heavy atom. The zero-order valence-electron chi connectivity index (χ0n) is 21.3. The van der Waals surface area contributed by atoms with Crippen molar-refractivity contribution in [3.05, 3.63) is 102 Å². The third-order valence-corrected chi connectivity index (χ3v) is 7.17. The Labute approximate surface area is 218 Å². The van der Waals surface area contributed by atoms with Crippen molar-refractivity contribution in [2.75, 3.05) is 31.0 Å². The molecule has 0 aliphatic carbocycles. The second kappa shape index (κ2) is 9.66. The third-order valence-electron chi connectivity index (χ3n) is 6.86. The number of aryl methyl sites for hydroxylation is 1. The standard InChI is InChI=1S/C29H31N5OS/c1-19-18-23(20(2)33(19)22-15-13-21(14-16-22)32(3)4)28-27(24-10-8-9-17-30-24)31-29(36)34(28)25-11-6-7-12-26(25)35-5/h6-18,27-28H,1-5H3,(H,31,36). The van der Waals surface area contributed by atoms with E-state index in [2.05, 4.69) is 90.1 Å². The molecule has 0 amide bonds. The lowest BCUT2D eigenvalue weighted by Gasteiger charge is -2.29. The van der Waals surface area contributed by atoms with Gasteiger partial charge >= 0.3 is 0 Å². The van der Waals surface area contributed by atoms with Gasteiger partial charge < -0.3 is 24.4 Å². The van der Waals surface area contributed by atoms with E-state index >= 15 is 0 Å². The van der Waals surface area contributed by atoms with Crippen molar-refractivity contribution in [3.8, 4) is 11.4 Å². The summed E-state index contributed by atoms with van der Waals surface area (Å²) in [6.45, 7) is 4.33. The van der Waals surface area contributed by atoms with Gasteiger partial charge in [0.05, 0.1) is 30.6 Å². The maximum absolute atomic E-state index is 5.92. The Morgan fingerprint density at radius 2 is 1.69 bits per heavy atom. The highest BCUT2D eigenvalue weighted by molar-refractivity contribution is 7.80. The summed E-state index contributed by atoms with van der Waals surface area (Å²) in [7, 11) is 5.80. The lowest BCUT2D eigenvalue weighted by molar-refractivity contribution is 0.414. The van der Waals surface area contributed by atoms with Crippen LogP contribution in [0.15, 0.2) is 79.0 Å². The van der Waals surface area contributed by atoms with Crippen molar-refractivity contribution in [2.45, 2.75) is 25.9 Å². The molecule has 1 aliphatic heterocycles. The van der Waals surface area contributed by atoms with Crippen molar-refractivity contribution in [1.82, 2.24) is 14.9 Å². The summed E-state index contributed by atoms with van der Waals surface area (Å²) in [5.74, 6) is 0.779. The third kappa shape index (κ3) is 4.09. The Kier molecular flexibility index (Phi) is 6.41. The van der Waals surface area contributed by atoms with Crippen LogP contribution in [0.1, 0.15) is 34.7 Å². The molecule has 2 aromatic carbocycles. The molecule has 36 heavy (non-hydrogen) atoms. The first-order chi connectivity index (χ1) is 17.4. The van der Waals surface area contributed by atoms with Gasteiger partial charge in [0.15, 0.2) is 5.11 Å². The maximum Gasteiger partial charge on any atom is 0.174 e. The number of nitrogens with one attached hydrogen (secondary N) is 1. The van der Waals surface area contributed by atoms with Crippen LogP contribution >= 0.6 is 12.2 Å². The van der Waals surface area contributed by atoms with Gasteiger partial charge in [0, 0.05) is 43.1 Å². The summed E-state index contributed by atoms with van der Waals surface area (Å²) in [4.78, 5) is 8.98. The molecule has 2 atom stereocenters. The van der Waals surface area contributed by atoms with Gasteiger partial charge in [-0.25, -0.2) is 0 Å². The SMILES string of the molecule is COc1ccccc1N1C(=S)NC(c2ccccn2)C1c1cc(C)n(-c2ccc(N(C)C)cc2)c1C. The lowest BCUT2D eigenvalue weighted by atomic mass is 9.96. The molecule has 5 rings (SSSR count). The van der Waals surface area contributed by atoms with Gasteiger partial charge in [0.25, 0.3) is 0 Å². The molecule has 4 aromatic rings. The molecule has 0 saturated carbocycles. The number of aromatic nitrogens is 2. The van der Waals surface area contributed by atoms with E-state index in [-0.39, 0.29) is 12.1 Å². The summed E-state index contributed by atoms with van der Waals surface area (Å²) in [5.41, 5.74) is 7.71. The highest BCUT2D eigenvalue weighted by atomic mass is 32.1. The highest BCUT2D eigenvalue weighted by Crippen LogP contribution is 2.46. The smallest absolute Gasteiger partial charge is 0.174 e. The van der Waals surface area contributed by atoms with Crippen LogP contribution in [0.2, 0.25) is 0 Å². The first kappa shape index (κ1) is 23.9. The average Bonchev–Trinajstić information content (AvgIpc) is 3.39. The molecule has 0 spiro atoms. The van der Waals surface area contributed by atoms with E-state index in [1.807, 2.05) is 36.5 Å². The molecule has 2 unspecified atom stereocenters. The zero-order chi connectivity index (χ0) is 25.4. The summed E-state index contributed by atoms with van der Waals surface area (Å²) in [5, 5.41) is 4.21. The van der Waals surface area contributed by atoms with E-state index in [9.17, 15) is 0 Å². The van der Waals surface area contributed by atoms with E-state index in [1.54, 1.807) is 7.11 Å². The van der Waals surface area contributed by atoms with Crippen LogP contribution in [0.3, 0.4) is 0 Å². The van der Waals surface area contributed by atoms with Crippen molar-refractivity contribution in [3.63, 3.8) is 0 Å². The molecular weight excluding hydrogens is 466 g/mol. The van der Waals surface area contributed by atoms with Crippen LogP contribution in [0.5, 0.6) is 5.75 Å². The lowest BCUT2D eigenvalue weighted by Crippen LogP contribution is -2.30. The molecule has 3 heterocycles. The van der Waals surface area contributed by atoms with Crippen molar-refractivity contribution in [1.29, 1.82) is 0 Å². The number of methoxy groups -OCH3 is 1. The van der Waals surface area contributed by atoms with E-state index < -0.39 is 0 Å². The summed E-state index contributed by atoms with van der Waals surface area (Å²) in [6, 6.07) is 24.7. The predicted octanol–water partition coefficient (Wildman–Crippen LogP) is 5.74. The minimum atomic E-state index is -0.117. The Morgan fingerprint density at radius 1 is 0.972 bits per heavy atom. The number of hydrogen-bond donors (Lipinski definition) is 1. The average molecular weight is 498 g/mol. The molecule has 1 aliphatic rings. The van der Waals surface area contributed by atoms with E-state index in [4.69, 9.17) is 21.9 Å². The number of nitrogens with zero attached hydrogens (tertiary/aromatic N) is 4. The van der Waals surface area contributed by atoms with Gasteiger partial charge in [-0.05, 0) is 86.2 Å². The van der Waals surface area contributed by atoms with Crippen LogP contribution in [0.25, 0.3) is 5.69 Å². The fourth-order valence-electron chi connectivity index (χ4n) is 5.14. The van der Waals surface area contributed by atoms with Crippen LogP contribution in [0, 0.1) is 13.8 Å². The quantitative estimate of drug-likeness (QED) is 0.343. The second-order valence-corrected chi connectivity index (χ2v) is 9.63. The topological polar surface area (TPSA) is 45.6 Å². The number of thiocarbonyl (C=S) groups is 1. The van der Waals surface area contributed by atoms with Gasteiger partial charge in [0.2, 0.25) is 0 Å². The van der Waals surface area contributed by atoms with Gasteiger partial charge in [-0.3, -0.25) is 4.98 Å². The normalized spacial score (nSPS) is 17.2. The van der Waals surface area contributed by atoms with Crippen LogP contribution in [-0.4, -0.2) is 35.9 Å². The molecule has 0 bridgehead atoms. The largest absolute Gasteiger partial charge is 0.495 e. The van der Waals surface area contributed by atoms with E-state index in [0.717, 1.165) is 28.5 Å². The molecule has 2 aromatic heterocycles. The molecular formula is C29H31N5OS. The molecule has 1 saturated heterocycles. The van der Waals surface area contributed by atoms with Crippen molar-refractivity contribution < 1.29 is 4.74 Å². The van der Waals surface area contributed by atoms with Crippen molar-refractivity contribution >= 4 is 28.7 Å². The molecule has 0 radical (unpaired) electrons. The van der Waals surface area contributed by atoms with Gasteiger partial charge in [-0.2, -0.15) is 0 Å². The highest BCUT2D eigenvalue weighted by Gasteiger charge is 2.43. The van der Waals surface area contributed by atoms with Gasteiger partial charge in [0.1, 0.15) is 5.75 Å². The first-order valence-electron chi connectivity index (χ1n) is 12.0. The Balaban J connectivity index is 1.67. The predicted molar refractivity (Wildman–Crippen MR) is 150 cm³/mol. The Bertz CT molecular complexity index is 1380. The maximum atomic E-state index is 5.92. The second-order valence-electron chi connectivity index (χ2n) is 9.24. The number of ether oxygens (including phenoxy) is 1. The molecule has 184 valence electrons. The Hall–Kier alpha value is -3.84. The summed E-state index contributed by atoms with van der Waals surface area (Å²) in [6.07, 6.45) is 1.83. The van der Waals surface area contributed by atoms with Crippen molar-refractivity contribution in [2.24, 2.45) is 0 Å². The minimum absolute atomic E-state index is 0.107. The van der Waals surface area contributed by atoms with Gasteiger partial charge in [-0.1, -0.05) is 18.2 Å². The molecule has 1 N–H and O–H groups in total. The number of benzene rings is 2. The number of anilines is 2. The van der Waals surface area contributed by atoms with E-state index in [1.165, 1.54) is 16.9 Å². The zero-order valence-corrected chi connectivity index (χ0v) is 22.1. The van der Waals surface area contributed by atoms with E-state index in [0.29, 0.717) is 5.11 Å². The number of para-hydroxylation sites is 2. The number of rotatable bonds is 6. The van der Waals surface area contributed by atoms with Crippen LogP contribution < -0.4 is 19.9 Å². The fourth-order valence-corrected chi connectivity index (χ4v) is 5.48. The van der Waals surface area contributed by atoms with Crippen LogP contribution in [-0.2, 0) is 0 Å². The fraction of sp³-hybridized carbons (Fsp3) is 0.241. The molecule has 7 heteroatoms. The minimum Gasteiger partial charge on any atom is -0.495 e. The molecule has 1 fully saturated rings. The summed E-state index contributed by atoms with van der Waals surface area (Å²) < 4.78 is 8.05. The monoisotopic (exact) mass is 497 g/mol. The van der Waals surface area contributed by atoms with Gasteiger partial charge in [-0.15, -0.1) is 0 Å². The number of hydrogen-bond acceptors (Lipinski definition) is 4. The first-order valence-corrected chi connectivity index (χ1v) is 12.4. The summed E-state index contributed by atoms with van der Waals surface area (Å²) >= 11 is 5.92.